The molecule has 15 heavy (non-hydrogen) atoms. The van der Waals surface area contributed by atoms with E-state index in [-0.39, 0.29) is 12.5 Å². The Morgan fingerprint density at radius 3 is 3.07 bits per heavy atom. The number of anilines is 1. The molecule has 0 fully saturated rings. The van der Waals surface area contributed by atoms with Crippen molar-refractivity contribution in [2.24, 2.45) is 5.73 Å². The molecule has 0 saturated heterocycles. The Morgan fingerprint density at radius 2 is 2.33 bits per heavy atom. The average Bonchev–Trinajstić information content (AvgIpc) is 2.26. The fourth-order valence-electron chi connectivity index (χ4n) is 2.10. The second-order valence-corrected chi connectivity index (χ2v) is 3.99. The molecule has 80 valence electrons. The molecular formula is C12H16N2O. The van der Waals surface area contributed by atoms with E-state index in [1.54, 1.807) is 4.90 Å². The molecule has 0 bridgehead atoms. The Hall–Kier alpha value is -1.35. The fourth-order valence-corrected chi connectivity index (χ4v) is 2.10. The molecule has 0 atom stereocenters. The van der Waals surface area contributed by atoms with Crippen molar-refractivity contribution in [2.45, 2.75) is 19.8 Å². The van der Waals surface area contributed by atoms with Gasteiger partial charge in [0.05, 0.1) is 6.54 Å². The number of carbonyl (C=O) groups excluding carboxylic acids is 1. The second kappa shape index (κ2) is 4.03. The smallest absolute Gasteiger partial charge is 0.240 e. The minimum atomic E-state index is 0.0137. The number of fused-ring (bicyclic) bond motifs is 1. The zero-order valence-electron chi connectivity index (χ0n) is 8.99. The number of carbonyl (C=O) groups is 1. The topological polar surface area (TPSA) is 46.3 Å². The molecule has 1 aromatic rings. The normalized spacial score (nSPS) is 14.9. The van der Waals surface area contributed by atoms with Gasteiger partial charge in [0.15, 0.2) is 0 Å². The van der Waals surface area contributed by atoms with Crippen molar-refractivity contribution in [1.29, 1.82) is 0 Å². The summed E-state index contributed by atoms with van der Waals surface area (Å²) in [5.74, 6) is 0.0137. The molecule has 2 N–H and O–H groups in total. The first-order chi connectivity index (χ1) is 7.22. The molecule has 0 radical (unpaired) electrons. The van der Waals surface area contributed by atoms with Gasteiger partial charge in [0.2, 0.25) is 5.91 Å². The minimum Gasteiger partial charge on any atom is -0.322 e. The molecule has 0 unspecified atom stereocenters. The summed E-state index contributed by atoms with van der Waals surface area (Å²) in [6, 6.07) is 6.23. The lowest BCUT2D eigenvalue weighted by Crippen LogP contribution is -2.39. The lowest BCUT2D eigenvalue weighted by atomic mass is 9.99. The highest BCUT2D eigenvalue weighted by atomic mass is 16.2. The number of aryl methyl sites for hydroxylation is 2. The first-order valence-electron chi connectivity index (χ1n) is 5.32. The molecule has 1 aliphatic heterocycles. The fraction of sp³-hybridized carbons (Fsp3) is 0.417. The van der Waals surface area contributed by atoms with Crippen molar-refractivity contribution in [3.8, 4) is 0 Å². The number of hydrogen-bond donors (Lipinski definition) is 1. The van der Waals surface area contributed by atoms with Gasteiger partial charge in [-0.05, 0) is 31.4 Å². The van der Waals surface area contributed by atoms with Crippen LogP contribution in [0.3, 0.4) is 0 Å². The number of amides is 1. The van der Waals surface area contributed by atoms with Crippen LogP contribution in [0.5, 0.6) is 0 Å². The highest BCUT2D eigenvalue weighted by Gasteiger charge is 2.20. The van der Waals surface area contributed by atoms with Crippen LogP contribution in [0.1, 0.15) is 17.5 Å². The molecule has 1 aliphatic rings. The van der Waals surface area contributed by atoms with Gasteiger partial charge in [0, 0.05) is 12.2 Å². The van der Waals surface area contributed by atoms with Crippen molar-refractivity contribution in [1.82, 2.24) is 0 Å². The number of hydrogen-bond acceptors (Lipinski definition) is 2. The van der Waals surface area contributed by atoms with E-state index >= 15 is 0 Å². The van der Waals surface area contributed by atoms with Gasteiger partial charge in [0.25, 0.3) is 0 Å². The standard InChI is InChI=1S/C12H16N2O/c1-9-4-5-11-10(7-9)3-2-6-14(11)12(15)8-13/h4-5,7H,2-3,6,8,13H2,1H3. The Bertz CT molecular complexity index is 387. The van der Waals surface area contributed by atoms with Crippen LogP contribution >= 0.6 is 0 Å². The van der Waals surface area contributed by atoms with Gasteiger partial charge in [-0.1, -0.05) is 17.7 Å². The van der Waals surface area contributed by atoms with Crippen molar-refractivity contribution in [3.63, 3.8) is 0 Å². The number of nitrogens with two attached hydrogens (primary N) is 1. The number of nitrogens with zero attached hydrogens (tertiary/aromatic N) is 1. The molecule has 1 heterocycles. The average molecular weight is 204 g/mol. The maximum atomic E-state index is 11.6. The lowest BCUT2D eigenvalue weighted by Gasteiger charge is -2.29. The first kappa shape index (κ1) is 10.2. The van der Waals surface area contributed by atoms with E-state index in [1.807, 2.05) is 12.1 Å². The summed E-state index contributed by atoms with van der Waals surface area (Å²) in [4.78, 5) is 13.4. The maximum absolute atomic E-state index is 11.6. The minimum absolute atomic E-state index is 0.0137. The molecule has 1 aromatic carbocycles. The molecule has 0 aromatic heterocycles. The van der Waals surface area contributed by atoms with Crippen LogP contribution in [-0.4, -0.2) is 19.0 Å². The Morgan fingerprint density at radius 1 is 1.53 bits per heavy atom. The molecule has 0 aliphatic carbocycles. The Kier molecular flexibility index (Phi) is 2.73. The highest BCUT2D eigenvalue weighted by Crippen LogP contribution is 2.27. The number of benzene rings is 1. The first-order valence-corrected chi connectivity index (χ1v) is 5.32. The third-order valence-electron chi connectivity index (χ3n) is 2.83. The van der Waals surface area contributed by atoms with E-state index in [0.29, 0.717) is 0 Å². The third-order valence-corrected chi connectivity index (χ3v) is 2.83. The van der Waals surface area contributed by atoms with Gasteiger partial charge in [-0.25, -0.2) is 0 Å². The van der Waals surface area contributed by atoms with Gasteiger partial charge in [-0.2, -0.15) is 0 Å². The SMILES string of the molecule is Cc1ccc2c(c1)CCCN2C(=O)CN. The van der Waals surface area contributed by atoms with Gasteiger partial charge < -0.3 is 10.6 Å². The van der Waals surface area contributed by atoms with E-state index in [0.717, 1.165) is 25.1 Å². The predicted octanol–water partition coefficient (Wildman–Crippen LogP) is 1.23. The van der Waals surface area contributed by atoms with Crippen molar-refractivity contribution >= 4 is 11.6 Å². The summed E-state index contributed by atoms with van der Waals surface area (Å²) < 4.78 is 0. The van der Waals surface area contributed by atoms with Crippen LogP contribution in [0.25, 0.3) is 0 Å². The van der Waals surface area contributed by atoms with Crippen LogP contribution in [0.15, 0.2) is 18.2 Å². The van der Waals surface area contributed by atoms with E-state index < -0.39 is 0 Å². The molecule has 0 saturated carbocycles. The van der Waals surface area contributed by atoms with E-state index in [1.165, 1.54) is 11.1 Å². The van der Waals surface area contributed by atoms with Crippen LogP contribution in [0.4, 0.5) is 5.69 Å². The van der Waals surface area contributed by atoms with Crippen LogP contribution < -0.4 is 10.6 Å². The largest absolute Gasteiger partial charge is 0.322 e. The molecule has 2 rings (SSSR count). The van der Waals surface area contributed by atoms with E-state index in [4.69, 9.17) is 5.73 Å². The predicted molar refractivity (Wildman–Crippen MR) is 60.9 cm³/mol. The zero-order valence-corrected chi connectivity index (χ0v) is 8.99. The summed E-state index contributed by atoms with van der Waals surface area (Å²) in [6.45, 7) is 2.96. The molecule has 0 spiro atoms. The van der Waals surface area contributed by atoms with Crippen molar-refractivity contribution in [2.75, 3.05) is 18.0 Å². The summed E-state index contributed by atoms with van der Waals surface area (Å²) in [7, 11) is 0. The maximum Gasteiger partial charge on any atom is 0.240 e. The van der Waals surface area contributed by atoms with Crippen LogP contribution in [0.2, 0.25) is 0 Å². The van der Waals surface area contributed by atoms with E-state index in [9.17, 15) is 4.79 Å². The van der Waals surface area contributed by atoms with Gasteiger partial charge >= 0.3 is 0 Å². The van der Waals surface area contributed by atoms with Crippen LogP contribution in [-0.2, 0) is 11.2 Å². The van der Waals surface area contributed by atoms with Gasteiger partial charge in [-0.15, -0.1) is 0 Å². The van der Waals surface area contributed by atoms with Crippen molar-refractivity contribution in [3.05, 3.63) is 29.3 Å². The summed E-state index contributed by atoms with van der Waals surface area (Å²) in [5.41, 5.74) is 8.96. The van der Waals surface area contributed by atoms with Gasteiger partial charge in [-0.3, -0.25) is 4.79 Å². The highest BCUT2D eigenvalue weighted by molar-refractivity contribution is 5.95. The van der Waals surface area contributed by atoms with E-state index in [2.05, 4.69) is 13.0 Å². The molecule has 3 heteroatoms. The summed E-state index contributed by atoms with van der Waals surface area (Å²) in [6.07, 6.45) is 2.09. The third kappa shape index (κ3) is 1.88. The quantitative estimate of drug-likeness (QED) is 0.748. The van der Waals surface area contributed by atoms with Crippen LogP contribution in [0, 0.1) is 6.92 Å². The summed E-state index contributed by atoms with van der Waals surface area (Å²) in [5, 5.41) is 0. The number of rotatable bonds is 1. The Balaban J connectivity index is 2.38. The lowest BCUT2D eigenvalue weighted by molar-refractivity contribution is -0.117. The second-order valence-electron chi connectivity index (χ2n) is 3.99. The zero-order chi connectivity index (χ0) is 10.8. The van der Waals surface area contributed by atoms with Crippen molar-refractivity contribution < 1.29 is 4.79 Å². The monoisotopic (exact) mass is 204 g/mol. The summed E-state index contributed by atoms with van der Waals surface area (Å²) >= 11 is 0. The molecular weight excluding hydrogens is 188 g/mol. The van der Waals surface area contributed by atoms with Gasteiger partial charge in [0.1, 0.15) is 0 Å². The Labute approximate surface area is 89.9 Å². The molecule has 3 nitrogen and oxygen atoms in total. The molecule has 1 amide bonds.